The molecule has 0 fully saturated rings. The van der Waals surface area contributed by atoms with Gasteiger partial charge in [-0.1, -0.05) is 69.8 Å². The number of allylic oxidation sites excluding steroid dienone is 4. The predicted octanol–water partition coefficient (Wildman–Crippen LogP) is 5.08. The van der Waals surface area contributed by atoms with E-state index in [1.54, 1.807) is 0 Å². The molecule has 0 aromatic carbocycles. The highest BCUT2D eigenvalue weighted by atomic mass is 16.6. The molecule has 0 spiro atoms. The standard InChI is InChI=1S/C24H46O5/c1-2-3-4-5-6-7-8-9-10-11-12-13-14-15-17-26-19-21-28-23-24-29-22-20-27-18-16-25/h5-8,25H,2-4,9-24H2,1H3. The molecule has 0 aliphatic rings. The lowest BCUT2D eigenvalue weighted by molar-refractivity contribution is -0.00577. The Morgan fingerprint density at radius 1 is 0.517 bits per heavy atom. The van der Waals surface area contributed by atoms with E-state index in [0.29, 0.717) is 46.2 Å². The zero-order valence-corrected chi connectivity index (χ0v) is 18.8. The van der Waals surface area contributed by atoms with Gasteiger partial charge in [0.05, 0.1) is 52.9 Å². The Morgan fingerprint density at radius 3 is 1.52 bits per heavy atom. The monoisotopic (exact) mass is 414 g/mol. The molecular formula is C24H46O5. The van der Waals surface area contributed by atoms with Crippen LogP contribution in [-0.2, 0) is 18.9 Å². The highest BCUT2D eigenvalue weighted by Gasteiger charge is 1.94. The maximum Gasteiger partial charge on any atom is 0.0701 e. The van der Waals surface area contributed by atoms with Gasteiger partial charge in [-0.25, -0.2) is 0 Å². The molecule has 0 aliphatic heterocycles. The minimum Gasteiger partial charge on any atom is -0.394 e. The van der Waals surface area contributed by atoms with Crippen LogP contribution in [0.25, 0.3) is 0 Å². The summed E-state index contributed by atoms with van der Waals surface area (Å²) in [5.74, 6) is 0. The average molecular weight is 415 g/mol. The van der Waals surface area contributed by atoms with Crippen molar-refractivity contribution in [3.8, 4) is 0 Å². The largest absolute Gasteiger partial charge is 0.394 e. The van der Waals surface area contributed by atoms with Gasteiger partial charge in [-0.05, 0) is 25.7 Å². The molecule has 0 saturated carbocycles. The van der Waals surface area contributed by atoms with E-state index in [1.807, 2.05) is 0 Å². The SMILES string of the molecule is CCCCC=CC=CCCCCCCCCOCCOCCOCCOCCO. The van der Waals surface area contributed by atoms with Gasteiger partial charge in [0.15, 0.2) is 0 Å². The first-order chi connectivity index (χ1) is 14.4. The highest BCUT2D eigenvalue weighted by molar-refractivity contribution is 5.02. The maximum atomic E-state index is 8.55. The normalized spacial score (nSPS) is 11.9. The van der Waals surface area contributed by atoms with Crippen LogP contribution in [0.5, 0.6) is 0 Å². The molecule has 0 amide bonds. The fourth-order valence-electron chi connectivity index (χ4n) is 2.67. The van der Waals surface area contributed by atoms with Crippen LogP contribution in [0.3, 0.4) is 0 Å². The minimum atomic E-state index is 0.0540. The number of unbranched alkanes of at least 4 members (excludes halogenated alkanes) is 8. The summed E-state index contributed by atoms with van der Waals surface area (Å²) in [5, 5.41) is 8.55. The summed E-state index contributed by atoms with van der Waals surface area (Å²) in [6.07, 6.45) is 21.6. The molecule has 0 radical (unpaired) electrons. The van der Waals surface area contributed by atoms with Crippen molar-refractivity contribution in [2.24, 2.45) is 0 Å². The molecular weight excluding hydrogens is 368 g/mol. The first-order valence-corrected chi connectivity index (χ1v) is 11.6. The summed E-state index contributed by atoms with van der Waals surface area (Å²) in [4.78, 5) is 0. The molecule has 5 nitrogen and oxygen atoms in total. The molecule has 0 rings (SSSR count). The van der Waals surface area contributed by atoms with E-state index < -0.39 is 0 Å². The molecule has 0 aromatic rings. The Kier molecular flexibility index (Phi) is 26.6. The van der Waals surface area contributed by atoms with Gasteiger partial charge in [0.2, 0.25) is 0 Å². The van der Waals surface area contributed by atoms with E-state index >= 15 is 0 Å². The summed E-state index contributed by atoms with van der Waals surface area (Å²) >= 11 is 0. The third-order valence-electron chi connectivity index (χ3n) is 4.37. The van der Waals surface area contributed by atoms with Crippen molar-refractivity contribution >= 4 is 0 Å². The maximum absolute atomic E-state index is 8.55. The van der Waals surface area contributed by atoms with E-state index in [2.05, 4.69) is 31.2 Å². The van der Waals surface area contributed by atoms with E-state index in [9.17, 15) is 0 Å². The highest BCUT2D eigenvalue weighted by Crippen LogP contribution is 2.08. The number of aliphatic hydroxyl groups excluding tert-OH is 1. The van der Waals surface area contributed by atoms with E-state index in [-0.39, 0.29) is 6.61 Å². The first kappa shape index (κ1) is 28.3. The third kappa shape index (κ3) is 27.3. The smallest absolute Gasteiger partial charge is 0.0701 e. The fourth-order valence-corrected chi connectivity index (χ4v) is 2.67. The van der Waals surface area contributed by atoms with Crippen molar-refractivity contribution in [2.45, 2.75) is 71.1 Å². The second-order valence-corrected chi connectivity index (χ2v) is 7.08. The van der Waals surface area contributed by atoms with Gasteiger partial charge >= 0.3 is 0 Å². The molecule has 0 heterocycles. The molecule has 0 aliphatic carbocycles. The molecule has 0 atom stereocenters. The van der Waals surface area contributed by atoms with Crippen molar-refractivity contribution in [3.63, 3.8) is 0 Å². The van der Waals surface area contributed by atoms with Crippen molar-refractivity contribution < 1.29 is 24.1 Å². The van der Waals surface area contributed by atoms with Crippen LogP contribution in [-0.4, -0.2) is 64.6 Å². The number of aliphatic hydroxyl groups is 1. The van der Waals surface area contributed by atoms with E-state index in [1.165, 1.54) is 57.8 Å². The lowest BCUT2D eigenvalue weighted by Crippen LogP contribution is -2.12. The molecule has 5 heteroatoms. The zero-order chi connectivity index (χ0) is 21.1. The van der Waals surface area contributed by atoms with Gasteiger partial charge < -0.3 is 24.1 Å². The van der Waals surface area contributed by atoms with Crippen LogP contribution in [0.2, 0.25) is 0 Å². The van der Waals surface area contributed by atoms with Crippen molar-refractivity contribution in [1.29, 1.82) is 0 Å². The fraction of sp³-hybridized carbons (Fsp3) is 0.833. The van der Waals surface area contributed by atoms with Crippen molar-refractivity contribution in [2.75, 3.05) is 59.5 Å². The predicted molar refractivity (Wildman–Crippen MR) is 120 cm³/mol. The summed E-state index contributed by atoms with van der Waals surface area (Å²) in [6, 6.07) is 0. The topological polar surface area (TPSA) is 57.2 Å². The molecule has 0 saturated heterocycles. The summed E-state index contributed by atoms with van der Waals surface area (Å²) in [7, 11) is 0. The molecule has 172 valence electrons. The lowest BCUT2D eigenvalue weighted by atomic mass is 10.1. The van der Waals surface area contributed by atoms with Crippen molar-refractivity contribution in [3.05, 3.63) is 24.3 Å². The second kappa shape index (κ2) is 27.3. The quantitative estimate of drug-likeness (QED) is 0.176. The Balaban J connectivity index is 3.06. The van der Waals surface area contributed by atoms with Crippen LogP contribution in [0.15, 0.2) is 24.3 Å². The molecule has 0 aromatic heterocycles. The summed E-state index contributed by atoms with van der Waals surface area (Å²) in [5.41, 5.74) is 0. The number of hydrogen-bond acceptors (Lipinski definition) is 5. The van der Waals surface area contributed by atoms with Gasteiger partial charge in [-0.2, -0.15) is 0 Å². The lowest BCUT2D eigenvalue weighted by Gasteiger charge is -2.07. The van der Waals surface area contributed by atoms with Gasteiger partial charge in [0.25, 0.3) is 0 Å². The Morgan fingerprint density at radius 2 is 0.966 bits per heavy atom. The van der Waals surface area contributed by atoms with Crippen LogP contribution in [0.4, 0.5) is 0 Å². The van der Waals surface area contributed by atoms with Crippen LogP contribution in [0.1, 0.15) is 71.1 Å². The van der Waals surface area contributed by atoms with Gasteiger partial charge in [0, 0.05) is 6.61 Å². The molecule has 0 bridgehead atoms. The first-order valence-electron chi connectivity index (χ1n) is 11.6. The zero-order valence-electron chi connectivity index (χ0n) is 18.8. The number of ether oxygens (including phenoxy) is 4. The number of rotatable bonds is 24. The van der Waals surface area contributed by atoms with E-state index in [0.717, 1.165) is 13.0 Å². The molecule has 29 heavy (non-hydrogen) atoms. The van der Waals surface area contributed by atoms with E-state index in [4.69, 9.17) is 24.1 Å². The molecule has 0 unspecified atom stereocenters. The van der Waals surface area contributed by atoms with Gasteiger partial charge in [-0.15, -0.1) is 0 Å². The van der Waals surface area contributed by atoms with Crippen LogP contribution < -0.4 is 0 Å². The Bertz CT molecular complexity index is 344. The summed E-state index contributed by atoms with van der Waals surface area (Å²) < 4.78 is 21.5. The average Bonchev–Trinajstić information content (AvgIpc) is 2.74. The third-order valence-corrected chi connectivity index (χ3v) is 4.37. The second-order valence-electron chi connectivity index (χ2n) is 7.08. The van der Waals surface area contributed by atoms with Crippen molar-refractivity contribution in [1.82, 2.24) is 0 Å². The van der Waals surface area contributed by atoms with Gasteiger partial charge in [0.1, 0.15) is 0 Å². The van der Waals surface area contributed by atoms with Crippen LogP contribution in [0, 0.1) is 0 Å². The van der Waals surface area contributed by atoms with Gasteiger partial charge in [-0.3, -0.25) is 0 Å². The number of hydrogen-bond donors (Lipinski definition) is 1. The Hall–Kier alpha value is -0.720. The summed E-state index contributed by atoms with van der Waals surface area (Å²) in [6.45, 7) is 6.93. The minimum absolute atomic E-state index is 0.0540. The molecule has 1 N–H and O–H groups in total. The van der Waals surface area contributed by atoms with Crippen LogP contribution >= 0.6 is 0 Å². The Labute approximate surface area is 179 Å².